The molecule has 0 amide bonds. The molecule has 0 spiro atoms. The summed E-state index contributed by atoms with van der Waals surface area (Å²) in [6.07, 6.45) is 0. The summed E-state index contributed by atoms with van der Waals surface area (Å²) < 4.78 is 18.9. The lowest BCUT2D eigenvalue weighted by Crippen LogP contribution is -2.40. The van der Waals surface area contributed by atoms with E-state index in [4.69, 9.17) is 10.00 Å². The van der Waals surface area contributed by atoms with E-state index in [1.165, 1.54) is 7.11 Å². The molecular formula is C11H14FNOSi. The third kappa shape index (κ3) is 2.18. The highest BCUT2D eigenvalue weighted by molar-refractivity contribution is 6.88. The molecule has 0 aliphatic rings. The van der Waals surface area contributed by atoms with Gasteiger partial charge in [0.1, 0.15) is 23.2 Å². The minimum absolute atomic E-state index is 0.0115. The Morgan fingerprint density at radius 3 is 2.33 bits per heavy atom. The van der Waals surface area contributed by atoms with Crippen LogP contribution >= 0.6 is 0 Å². The lowest BCUT2D eigenvalue weighted by Gasteiger charge is -2.18. The number of ether oxygens (including phenoxy) is 1. The average molecular weight is 223 g/mol. The second kappa shape index (κ2) is 4.03. The average Bonchev–Trinajstić information content (AvgIpc) is 2.15. The summed E-state index contributed by atoms with van der Waals surface area (Å²) in [5, 5.41) is 9.53. The second-order valence-electron chi connectivity index (χ2n) is 4.37. The first-order chi connectivity index (χ1) is 6.91. The molecule has 0 fully saturated rings. The zero-order valence-corrected chi connectivity index (χ0v) is 10.4. The fourth-order valence-corrected chi connectivity index (χ4v) is 2.78. The summed E-state index contributed by atoms with van der Waals surface area (Å²) in [6.45, 7) is 6.12. The molecule has 0 aliphatic heterocycles. The molecule has 0 aliphatic carbocycles. The van der Waals surface area contributed by atoms with Crippen molar-refractivity contribution < 1.29 is 9.13 Å². The van der Waals surface area contributed by atoms with E-state index in [0.29, 0.717) is 10.9 Å². The van der Waals surface area contributed by atoms with Gasteiger partial charge in [0, 0.05) is 0 Å². The lowest BCUT2D eigenvalue weighted by molar-refractivity contribution is 0.410. The van der Waals surface area contributed by atoms with E-state index < -0.39 is 13.9 Å². The maximum atomic E-state index is 13.9. The quantitative estimate of drug-likeness (QED) is 0.720. The molecule has 0 radical (unpaired) electrons. The first-order valence-electron chi connectivity index (χ1n) is 4.69. The molecule has 0 N–H and O–H groups in total. The SMILES string of the molecule is COc1ccc([Si](C)(C)C)c(F)c1C#N. The lowest BCUT2D eigenvalue weighted by atomic mass is 10.2. The van der Waals surface area contributed by atoms with Crippen LogP contribution in [0.15, 0.2) is 12.1 Å². The number of nitrogens with zero attached hydrogens (tertiary/aromatic N) is 1. The van der Waals surface area contributed by atoms with Gasteiger partial charge in [-0.3, -0.25) is 0 Å². The predicted molar refractivity (Wildman–Crippen MR) is 60.6 cm³/mol. The number of rotatable bonds is 2. The van der Waals surface area contributed by atoms with Gasteiger partial charge in [-0.1, -0.05) is 25.7 Å². The summed E-state index contributed by atoms with van der Waals surface area (Å²) >= 11 is 0. The summed E-state index contributed by atoms with van der Waals surface area (Å²) in [6, 6.07) is 5.23. The highest BCUT2D eigenvalue weighted by Crippen LogP contribution is 2.20. The van der Waals surface area contributed by atoms with Crippen molar-refractivity contribution in [2.24, 2.45) is 0 Å². The first kappa shape index (κ1) is 11.7. The molecule has 0 heterocycles. The highest BCUT2D eigenvalue weighted by atomic mass is 28.3. The van der Waals surface area contributed by atoms with Gasteiger partial charge in [0.2, 0.25) is 0 Å². The molecule has 1 aromatic carbocycles. The van der Waals surface area contributed by atoms with Crippen molar-refractivity contribution in [3.8, 4) is 11.8 Å². The van der Waals surface area contributed by atoms with E-state index in [1.807, 2.05) is 25.7 Å². The zero-order chi connectivity index (χ0) is 11.6. The number of nitriles is 1. The molecule has 2 nitrogen and oxygen atoms in total. The monoisotopic (exact) mass is 223 g/mol. The Kier molecular flexibility index (Phi) is 3.15. The van der Waals surface area contributed by atoms with Gasteiger partial charge in [-0.2, -0.15) is 5.26 Å². The van der Waals surface area contributed by atoms with Crippen molar-refractivity contribution in [2.45, 2.75) is 19.6 Å². The molecule has 80 valence electrons. The van der Waals surface area contributed by atoms with Gasteiger partial charge in [0.05, 0.1) is 15.2 Å². The zero-order valence-electron chi connectivity index (χ0n) is 9.39. The van der Waals surface area contributed by atoms with Gasteiger partial charge in [-0.15, -0.1) is 0 Å². The molecule has 0 saturated heterocycles. The molecule has 1 rings (SSSR count). The van der Waals surface area contributed by atoms with Gasteiger partial charge in [0.25, 0.3) is 0 Å². The summed E-state index contributed by atoms with van der Waals surface area (Å²) in [5.41, 5.74) is 0.0115. The number of halogens is 1. The number of benzene rings is 1. The van der Waals surface area contributed by atoms with Crippen molar-refractivity contribution in [1.82, 2.24) is 0 Å². The summed E-state index contributed by atoms with van der Waals surface area (Å²) in [5.74, 6) is -0.118. The van der Waals surface area contributed by atoms with E-state index >= 15 is 0 Å². The van der Waals surface area contributed by atoms with Gasteiger partial charge < -0.3 is 4.74 Å². The van der Waals surface area contributed by atoms with Crippen LogP contribution in [-0.2, 0) is 0 Å². The smallest absolute Gasteiger partial charge is 0.143 e. The molecule has 15 heavy (non-hydrogen) atoms. The maximum Gasteiger partial charge on any atom is 0.143 e. The fourth-order valence-electron chi connectivity index (χ4n) is 1.41. The van der Waals surface area contributed by atoms with E-state index in [9.17, 15) is 4.39 Å². The molecule has 0 saturated carbocycles. The van der Waals surface area contributed by atoms with E-state index in [1.54, 1.807) is 12.1 Å². The number of methoxy groups -OCH3 is 1. The molecule has 0 bridgehead atoms. The van der Waals surface area contributed by atoms with Crippen LogP contribution in [0.4, 0.5) is 4.39 Å². The van der Waals surface area contributed by atoms with Crippen LogP contribution in [0.1, 0.15) is 5.56 Å². The number of hydrogen-bond acceptors (Lipinski definition) is 2. The topological polar surface area (TPSA) is 33.0 Å². The highest BCUT2D eigenvalue weighted by Gasteiger charge is 2.24. The molecule has 0 atom stereocenters. The molecule has 0 unspecified atom stereocenters. The van der Waals surface area contributed by atoms with Crippen molar-refractivity contribution in [1.29, 1.82) is 5.26 Å². The third-order valence-corrected chi connectivity index (χ3v) is 4.25. The Morgan fingerprint density at radius 2 is 1.93 bits per heavy atom. The standard InChI is InChI=1S/C11H14FNOSi/c1-14-9-5-6-10(15(2,3)4)11(12)8(9)7-13/h5-6H,1-4H3. The Morgan fingerprint density at radius 1 is 1.33 bits per heavy atom. The van der Waals surface area contributed by atoms with Crippen LogP contribution in [-0.4, -0.2) is 15.2 Å². The minimum atomic E-state index is -1.74. The Labute approximate surface area is 90.3 Å². The van der Waals surface area contributed by atoms with Gasteiger partial charge in [-0.25, -0.2) is 4.39 Å². The van der Waals surface area contributed by atoms with Crippen molar-refractivity contribution in [3.05, 3.63) is 23.5 Å². The predicted octanol–water partition coefficient (Wildman–Crippen LogP) is 2.25. The van der Waals surface area contributed by atoms with E-state index in [0.717, 1.165) is 0 Å². The van der Waals surface area contributed by atoms with Crippen molar-refractivity contribution in [2.75, 3.05) is 7.11 Å². The molecule has 1 aromatic rings. The van der Waals surface area contributed by atoms with E-state index in [2.05, 4.69) is 0 Å². The van der Waals surface area contributed by atoms with Crippen LogP contribution in [0, 0.1) is 17.1 Å². The van der Waals surface area contributed by atoms with Gasteiger partial charge in [0.15, 0.2) is 0 Å². The Bertz CT molecular complexity index is 418. The fraction of sp³-hybridized carbons (Fsp3) is 0.364. The summed E-state index contributed by atoms with van der Waals surface area (Å²) in [4.78, 5) is 0. The van der Waals surface area contributed by atoms with Crippen LogP contribution in [0.25, 0.3) is 0 Å². The van der Waals surface area contributed by atoms with Crippen LogP contribution in [0.3, 0.4) is 0 Å². The molecule has 4 heteroatoms. The second-order valence-corrected chi connectivity index (χ2v) is 9.40. The van der Waals surface area contributed by atoms with Gasteiger partial charge in [-0.05, 0) is 11.3 Å². The van der Waals surface area contributed by atoms with Crippen molar-refractivity contribution >= 4 is 13.3 Å². The Balaban J connectivity index is 3.45. The third-order valence-electron chi connectivity index (χ3n) is 2.24. The van der Waals surface area contributed by atoms with Crippen LogP contribution in [0.5, 0.6) is 5.75 Å². The number of hydrogen-bond donors (Lipinski definition) is 0. The molecule has 0 aromatic heterocycles. The summed E-state index contributed by atoms with van der Waals surface area (Å²) in [7, 11) is -0.309. The molecular weight excluding hydrogens is 209 g/mol. The van der Waals surface area contributed by atoms with E-state index in [-0.39, 0.29) is 5.56 Å². The van der Waals surface area contributed by atoms with Crippen LogP contribution < -0.4 is 9.92 Å². The Hall–Kier alpha value is -1.34. The maximum absolute atomic E-state index is 13.9. The first-order valence-corrected chi connectivity index (χ1v) is 8.19. The normalized spacial score (nSPS) is 10.9. The largest absolute Gasteiger partial charge is 0.495 e. The minimum Gasteiger partial charge on any atom is -0.495 e. The van der Waals surface area contributed by atoms with Gasteiger partial charge >= 0.3 is 0 Å². The van der Waals surface area contributed by atoms with Crippen molar-refractivity contribution in [3.63, 3.8) is 0 Å². The van der Waals surface area contributed by atoms with Crippen LogP contribution in [0.2, 0.25) is 19.6 Å².